The molecular weight excluding hydrogens is 349 g/mol. The fourth-order valence-electron chi connectivity index (χ4n) is 1.98. The lowest BCUT2D eigenvalue weighted by molar-refractivity contribution is -0.147. The van der Waals surface area contributed by atoms with Crippen molar-refractivity contribution in [3.8, 4) is 0 Å². The number of esters is 1. The van der Waals surface area contributed by atoms with E-state index in [1.54, 1.807) is 30.3 Å². The number of nitrogens with one attached hydrogen (secondary N) is 1. The molecule has 2 aromatic rings. The van der Waals surface area contributed by atoms with Gasteiger partial charge in [-0.15, -0.1) is 0 Å². The molecule has 2 rings (SSSR count). The molecule has 2 aromatic carbocycles. The van der Waals surface area contributed by atoms with E-state index in [-0.39, 0.29) is 29.3 Å². The molecule has 0 bridgehead atoms. The highest BCUT2D eigenvalue weighted by molar-refractivity contribution is 6.30. The Kier molecular flexibility index (Phi) is 6.65. The predicted octanol–water partition coefficient (Wildman–Crippen LogP) is 3.62. The van der Waals surface area contributed by atoms with Crippen molar-refractivity contribution in [3.05, 3.63) is 64.9 Å². The quantitative estimate of drug-likeness (QED) is 0.602. The van der Waals surface area contributed by atoms with Gasteiger partial charge in [0, 0.05) is 17.0 Å². The number of hydrogen-bond acceptors (Lipinski definition) is 4. The van der Waals surface area contributed by atoms with Crippen LogP contribution in [0.15, 0.2) is 48.5 Å². The molecule has 0 aliphatic heterocycles. The third kappa shape index (κ3) is 6.00. The van der Waals surface area contributed by atoms with Crippen molar-refractivity contribution in [2.24, 2.45) is 0 Å². The highest BCUT2D eigenvalue weighted by atomic mass is 35.5. The molecule has 5 nitrogen and oxygen atoms in total. The maximum absolute atomic E-state index is 13.5. The van der Waals surface area contributed by atoms with Crippen LogP contribution in [-0.4, -0.2) is 24.3 Å². The molecule has 0 aliphatic rings. The van der Waals surface area contributed by atoms with E-state index < -0.39 is 24.3 Å². The number of halogens is 2. The first kappa shape index (κ1) is 18.6. The Balaban J connectivity index is 1.75. The first-order chi connectivity index (χ1) is 12.0. The van der Waals surface area contributed by atoms with Gasteiger partial charge in [-0.1, -0.05) is 41.9 Å². The van der Waals surface area contributed by atoms with Crippen molar-refractivity contribution >= 4 is 34.9 Å². The van der Waals surface area contributed by atoms with Crippen LogP contribution in [0.4, 0.5) is 10.1 Å². The van der Waals surface area contributed by atoms with E-state index in [1.165, 1.54) is 12.1 Å². The molecule has 0 saturated carbocycles. The number of hydrogen-bond donors (Lipinski definition) is 1. The molecule has 0 atom stereocenters. The van der Waals surface area contributed by atoms with Gasteiger partial charge in [-0.05, 0) is 18.2 Å². The summed E-state index contributed by atoms with van der Waals surface area (Å²) in [4.78, 5) is 35.1. The van der Waals surface area contributed by atoms with Crippen molar-refractivity contribution in [3.63, 3.8) is 0 Å². The second-order valence-corrected chi connectivity index (χ2v) is 5.56. The standard InChI is InChI=1S/C18H15ClFNO4/c19-13-6-7-14(20)15(10-13)21-17(23)11-25-18(24)9-8-16(22)12-4-2-1-3-5-12/h1-7,10H,8-9,11H2,(H,21,23). The second-order valence-electron chi connectivity index (χ2n) is 5.12. The minimum Gasteiger partial charge on any atom is -0.456 e. The maximum Gasteiger partial charge on any atom is 0.306 e. The fraction of sp³-hybridized carbons (Fsp3) is 0.167. The Hall–Kier alpha value is -2.73. The van der Waals surface area contributed by atoms with Crippen LogP contribution < -0.4 is 5.32 Å². The molecule has 1 N–H and O–H groups in total. The molecule has 0 spiro atoms. The van der Waals surface area contributed by atoms with Gasteiger partial charge in [0.15, 0.2) is 12.4 Å². The van der Waals surface area contributed by atoms with Crippen molar-refractivity contribution in [2.75, 3.05) is 11.9 Å². The number of carbonyl (C=O) groups is 3. The van der Waals surface area contributed by atoms with Crippen LogP contribution in [0.3, 0.4) is 0 Å². The zero-order valence-electron chi connectivity index (χ0n) is 13.1. The SMILES string of the molecule is O=C(COC(=O)CCC(=O)c1ccccc1)Nc1cc(Cl)ccc1F. The molecule has 0 heterocycles. The summed E-state index contributed by atoms with van der Waals surface area (Å²) in [7, 11) is 0. The van der Waals surface area contributed by atoms with Crippen molar-refractivity contribution in [1.82, 2.24) is 0 Å². The highest BCUT2D eigenvalue weighted by Gasteiger charge is 2.13. The van der Waals surface area contributed by atoms with Crippen molar-refractivity contribution in [1.29, 1.82) is 0 Å². The second kappa shape index (κ2) is 8.94. The summed E-state index contributed by atoms with van der Waals surface area (Å²) in [5.41, 5.74) is 0.400. The van der Waals surface area contributed by atoms with E-state index in [0.717, 1.165) is 6.07 Å². The van der Waals surface area contributed by atoms with Crippen LogP contribution in [0, 0.1) is 5.82 Å². The Morgan fingerprint density at radius 1 is 1.04 bits per heavy atom. The van der Waals surface area contributed by atoms with Crippen molar-refractivity contribution in [2.45, 2.75) is 12.8 Å². The number of rotatable bonds is 7. The number of amides is 1. The molecular formula is C18H15ClFNO4. The minimum absolute atomic E-state index is 0.0204. The Bertz CT molecular complexity index is 780. The van der Waals surface area contributed by atoms with Gasteiger partial charge >= 0.3 is 5.97 Å². The molecule has 0 radical (unpaired) electrons. The number of benzene rings is 2. The molecule has 7 heteroatoms. The van der Waals surface area contributed by atoms with Gasteiger partial charge in [0.05, 0.1) is 12.1 Å². The van der Waals surface area contributed by atoms with Gasteiger partial charge in [-0.2, -0.15) is 0 Å². The molecule has 130 valence electrons. The first-order valence-corrected chi connectivity index (χ1v) is 7.82. The molecule has 0 saturated heterocycles. The molecule has 0 unspecified atom stereocenters. The van der Waals surface area contributed by atoms with Crippen LogP contribution >= 0.6 is 11.6 Å². The van der Waals surface area contributed by atoms with E-state index in [9.17, 15) is 18.8 Å². The van der Waals surface area contributed by atoms with Crippen LogP contribution in [0.1, 0.15) is 23.2 Å². The fourth-order valence-corrected chi connectivity index (χ4v) is 2.15. The summed E-state index contributed by atoms with van der Waals surface area (Å²) in [5.74, 6) is -2.24. The largest absolute Gasteiger partial charge is 0.456 e. The van der Waals surface area contributed by atoms with Gasteiger partial charge in [0.25, 0.3) is 5.91 Å². The summed E-state index contributed by atoms with van der Waals surface area (Å²) in [6.07, 6.45) is -0.167. The van der Waals surface area contributed by atoms with E-state index in [1.807, 2.05) is 0 Å². The van der Waals surface area contributed by atoms with Gasteiger partial charge in [-0.25, -0.2) is 4.39 Å². The minimum atomic E-state index is -0.705. The average molecular weight is 364 g/mol. The van der Waals surface area contributed by atoms with Crippen LogP contribution in [0.25, 0.3) is 0 Å². The van der Waals surface area contributed by atoms with Gasteiger partial charge in [0.1, 0.15) is 5.82 Å². The summed E-state index contributed by atoms with van der Waals surface area (Å²) in [6.45, 7) is -0.579. The predicted molar refractivity (Wildman–Crippen MR) is 91.0 cm³/mol. The van der Waals surface area contributed by atoms with Gasteiger partial charge in [-0.3, -0.25) is 14.4 Å². The molecule has 0 aliphatic carbocycles. The van der Waals surface area contributed by atoms with E-state index in [2.05, 4.69) is 5.32 Å². The number of Topliss-reactive ketones (excluding diaryl/α,β-unsaturated/α-hetero) is 1. The summed E-state index contributed by atoms with van der Waals surface area (Å²) in [5, 5.41) is 2.51. The molecule has 0 aromatic heterocycles. The molecule has 0 fully saturated rings. The maximum atomic E-state index is 13.5. The summed E-state index contributed by atoms with van der Waals surface area (Å²) < 4.78 is 18.3. The first-order valence-electron chi connectivity index (χ1n) is 7.44. The van der Waals surface area contributed by atoms with E-state index >= 15 is 0 Å². The summed E-state index contributed by atoms with van der Waals surface area (Å²) in [6, 6.07) is 12.2. The number of ether oxygens (including phenoxy) is 1. The summed E-state index contributed by atoms with van der Waals surface area (Å²) >= 11 is 5.71. The highest BCUT2D eigenvalue weighted by Crippen LogP contribution is 2.19. The Labute approximate surface area is 148 Å². The molecule has 1 amide bonds. The molecule has 25 heavy (non-hydrogen) atoms. The smallest absolute Gasteiger partial charge is 0.306 e. The normalized spacial score (nSPS) is 10.2. The van der Waals surface area contributed by atoms with Crippen LogP contribution in [-0.2, 0) is 14.3 Å². The van der Waals surface area contributed by atoms with Crippen molar-refractivity contribution < 1.29 is 23.5 Å². The van der Waals surface area contributed by atoms with E-state index in [4.69, 9.17) is 16.3 Å². The lowest BCUT2D eigenvalue weighted by atomic mass is 10.1. The Morgan fingerprint density at radius 3 is 2.48 bits per heavy atom. The van der Waals surface area contributed by atoms with E-state index in [0.29, 0.717) is 5.56 Å². The monoisotopic (exact) mass is 363 g/mol. The number of anilines is 1. The van der Waals surface area contributed by atoms with Crippen LogP contribution in [0.2, 0.25) is 5.02 Å². The third-order valence-electron chi connectivity index (χ3n) is 3.22. The lowest BCUT2D eigenvalue weighted by Gasteiger charge is -2.08. The zero-order valence-corrected chi connectivity index (χ0v) is 13.9. The van der Waals surface area contributed by atoms with Crippen LogP contribution in [0.5, 0.6) is 0 Å². The van der Waals surface area contributed by atoms with Gasteiger partial charge in [0.2, 0.25) is 0 Å². The number of ketones is 1. The lowest BCUT2D eigenvalue weighted by Crippen LogP contribution is -2.21. The number of carbonyl (C=O) groups excluding carboxylic acids is 3. The van der Waals surface area contributed by atoms with Gasteiger partial charge < -0.3 is 10.1 Å². The Morgan fingerprint density at radius 2 is 1.76 bits per heavy atom. The zero-order chi connectivity index (χ0) is 18.2. The topological polar surface area (TPSA) is 72.5 Å². The average Bonchev–Trinajstić information content (AvgIpc) is 2.61. The third-order valence-corrected chi connectivity index (χ3v) is 3.45.